The number of anilines is 2. The van der Waals surface area contributed by atoms with Gasteiger partial charge in [-0.15, -0.1) is 0 Å². The van der Waals surface area contributed by atoms with E-state index in [0.29, 0.717) is 37.6 Å². The van der Waals surface area contributed by atoms with Gasteiger partial charge in [-0.2, -0.15) is 15.1 Å². The first kappa shape index (κ1) is 22.1. The van der Waals surface area contributed by atoms with Crippen LogP contribution in [0.5, 0.6) is 6.01 Å². The molecule has 2 saturated heterocycles. The second-order valence-electron chi connectivity index (χ2n) is 8.66. The SMILES string of the molecule is CC1C/C(=N/Nc2cc(N3CCOCC3)nc(OCCN3CCOCC3)n2)c2ccccc21. The van der Waals surface area contributed by atoms with Crippen molar-refractivity contribution in [1.82, 2.24) is 14.9 Å². The van der Waals surface area contributed by atoms with Gasteiger partial charge in [0.2, 0.25) is 0 Å². The fourth-order valence-corrected chi connectivity index (χ4v) is 4.51. The lowest BCUT2D eigenvalue weighted by Crippen LogP contribution is -2.39. The van der Waals surface area contributed by atoms with E-state index in [0.717, 1.165) is 63.9 Å². The van der Waals surface area contributed by atoms with E-state index < -0.39 is 0 Å². The van der Waals surface area contributed by atoms with Crippen molar-refractivity contribution in [3.05, 3.63) is 41.5 Å². The number of nitrogens with zero attached hydrogens (tertiary/aromatic N) is 5. The highest BCUT2D eigenvalue weighted by atomic mass is 16.5. The molecule has 2 fully saturated rings. The summed E-state index contributed by atoms with van der Waals surface area (Å²) in [6.07, 6.45) is 0.913. The molecule has 1 aromatic carbocycles. The molecule has 5 rings (SSSR count). The van der Waals surface area contributed by atoms with Crippen molar-refractivity contribution >= 4 is 17.3 Å². The summed E-state index contributed by atoms with van der Waals surface area (Å²) in [5, 5.41) is 4.72. The van der Waals surface area contributed by atoms with Crippen LogP contribution in [0.25, 0.3) is 0 Å². The average Bonchev–Trinajstić information content (AvgIpc) is 3.19. The number of hydrogen-bond acceptors (Lipinski definition) is 9. The zero-order valence-corrected chi connectivity index (χ0v) is 19.2. The Kier molecular flexibility index (Phi) is 6.99. The lowest BCUT2D eigenvalue weighted by Gasteiger charge is -2.28. The van der Waals surface area contributed by atoms with Crippen molar-refractivity contribution in [2.45, 2.75) is 19.3 Å². The zero-order chi connectivity index (χ0) is 22.5. The van der Waals surface area contributed by atoms with E-state index in [1.54, 1.807) is 0 Å². The van der Waals surface area contributed by atoms with Crippen LogP contribution in [0.15, 0.2) is 35.4 Å². The number of fused-ring (bicyclic) bond motifs is 1. The molecule has 1 aromatic heterocycles. The summed E-state index contributed by atoms with van der Waals surface area (Å²) in [5.74, 6) is 1.94. The predicted octanol–water partition coefficient (Wildman–Crippen LogP) is 2.35. The highest BCUT2D eigenvalue weighted by molar-refractivity contribution is 6.05. The van der Waals surface area contributed by atoms with Crippen LogP contribution in [0.4, 0.5) is 11.6 Å². The molecule has 2 aliphatic heterocycles. The zero-order valence-electron chi connectivity index (χ0n) is 19.2. The highest BCUT2D eigenvalue weighted by Gasteiger charge is 2.24. The maximum absolute atomic E-state index is 5.97. The highest BCUT2D eigenvalue weighted by Crippen LogP contribution is 2.33. The van der Waals surface area contributed by atoms with Gasteiger partial charge in [0.1, 0.15) is 12.4 Å². The van der Waals surface area contributed by atoms with Gasteiger partial charge < -0.3 is 19.1 Å². The Labute approximate surface area is 194 Å². The Morgan fingerprint density at radius 2 is 1.82 bits per heavy atom. The molecule has 0 bridgehead atoms. The van der Waals surface area contributed by atoms with E-state index in [1.807, 2.05) is 6.07 Å². The minimum atomic E-state index is 0.371. The third-order valence-corrected chi connectivity index (χ3v) is 6.38. The number of benzene rings is 1. The molecule has 0 spiro atoms. The molecule has 1 atom stereocenters. The standard InChI is InChI=1S/C24H32N6O3/c1-18-16-21(20-5-3-2-4-19(18)20)27-28-22-17-23(30-9-13-32-14-10-30)26-24(25-22)33-15-8-29-6-11-31-12-7-29/h2-5,17-18H,6-16H2,1H3,(H,25,26,28)/b27-21-. The molecule has 33 heavy (non-hydrogen) atoms. The van der Waals surface area contributed by atoms with Crippen LogP contribution in [0.2, 0.25) is 0 Å². The van der Waals surface area contributed by atoms with Crippen LogP contribution < -0.4 is 15.1 Å². The molecule has 1 aliphatic carbocycles. The second-order valence-corrected chi connectivity index (χ2v) is 8.66. The molecule has 3 heterocycles. The molecule has 9 nitrogen and oxygen atoms in total. The van der Waals surface area contributed by atoms with Crippen molar-refractivity contribution in [1.29, 1.82) is 0 Å². The Bertz CT molecular complexity index is 972. The van der Waals surface area contributed by atoms with Crippen LogP contribution >= 0.6 is 0 Å². The Morgan fingerprint density at radius 1 is 1.06 bits per heavy atom. The van der Waals surface area contributed by atoms with Gasteiger partial charge >= 0.3 is 6.01 Å². The fourth-order valence-electron chi connectivity index (χ4n) is 4.51. The normalized spacial score (nSPS) is 22.4. The Hall–Kier alpha value is -2.75. The van der Waals surface area contributed by atoms with Crippen molar-refractivity contribution in [2.24, 2.45) is 5.10 Å². The van der Waals surface area contributed by atoms with Gasteiger partial charge in [-0.1, -0.05) is 31.2 Å². The number of aromatic nitrogens is 2. The molecule has 176 valence electrons. The first-order chi connectivity index (χ1) is 16.3. The first-order valence-electron chi connectivity index (χ1n) is 11.8. The maximum atomic E-state index is 5.97. The van der Waals surface area contributed by atoms with Crippen molar-refractivity contribution in [3.63, 3.8) is 0 Å². The molecule has 3 aliphatic rings. The predicted molar refractivity (Wildman–Crippen MR) is 127 cm³/mol. The Morgan fingerprint density at radius 3 is 2.64 bits per heavy atom. The second kappa shape index (κ2) is 10.5. The van der Waals surface area contributed by atoms with E-state index in [2.05, 4.69) is 56.4 Å². The molecule has 0 amide bonds. The minimum absolute atomic E-state index is 0.371. The summed E-state index contributed by atoms with van der Waals surface area (Å²) in [5.41, 5.74) is 6.79. The first-order valence-corrected chi connectivity index (χ1v) is 11.8. The van der Waals surface area contributed by atoms with Crippen LogP contribution in [0.1, 0.15) is 30.4 Å². The topological polar surface area (TPSA) is 84.3 Å². The fraction of sp³-hybridized carbons (Fsp3) is 0.542. The average molecular weight is 453 g/mol. The van der Waals surface area contributed by atoms with Crippen molar-refractivity contribution < 1.29 is 14.2 Å². The van der Waals surface area contributed by atoms with E-state index in [1.165, 1.54) is 11.1 Å². The summed E-state index contributed by atoms with van der Waals surface area (Å²) in [6.45, 7) is 9.99. The summed E-state index contributed by atoms with van der Waals surface area (Å²) in [6, 6.07) is 10.8. The molecule has 1 N–H and O–H groups in total. The summed E-state index contributed by atoms with van der Waals surface area (Å²) in [4.78, 5) is 13.8. The minimum Gasteiger partial charge on any atom is -0.462 e. The lowest BCUT2D eigenvalue weighted by molar-refractivity contribution is 0.0317. The molecule has 0 radical (unpaired) electrons. The number of morpholine rings is 2. The summed E-state index contributed by atoms with van der Waals surface area (Å²) >= 11 is 0. The molecule has 0 saturated carbocycles. The van der Waals surface area contributed by atoms with E-state index in [4.69, 9.17) is 19.3 Å². The van der Waals surface area contributed by atoms with E-state index >= 15 is 0 Å². The van der Waals surface area contributed by atoms with Crippen molar-refractivity contribution in [3.8, 4) is 6.01 Å². The molecule has 9 heteroatoms. The van der Waals surface area contributed by atoms with Crippen LogP contribution in [0, 0.1) is 0 Å². The third-order valence-electron chi connectivity index (χ3n) is 6.38. The van der Waals surface area contributed by atoms with Gasteiger partial charge in [-0.3, -0.25) is 10.3 Å². The quantitative estimate of drug-likeness (QED) is 0.641. The van der Waals surface area contributed by atoms with Crippen LogP contribution in [0.3, 0.4) is 0 Å². The molecule has 1 unspecified atom stereocenters. The van der Waals surface area contributed by atoms with Gasteiger partial charge in [0.15, 0.2) is 5.82 Å². The van der Waals surface area contributed by atoms with Gasteiger partial charge in [-0.25, -0.2) is 0 Å². The van der Waals surface area contributed by atoms with Crippen molar-refractivity contribution in [2.75, 3.05) is 76.1 Å². The van der Waals surface area contributed by atoms with E-state index in [-0.39, 0.29) is 0 Å². The largest absolute Gasteiger partial charge is 0.462 e. The summed E-state index contributed by atoms with van der Waals surface area (Å²) in [7, 11) is 0. The van der Waals surface area contributed by atoms with Gasteiger partial charge in [0, 0.05) is 44.4 Å². The van der Waals surface area contributed by atoms with Crippen LogP contribution in [-0.4, -0.2) is 86.3 Å². The molecular formula is C24H32N6O3. The lowest BCUT2D eigenvalue weighted by atomic mass is 10.0. The summed E-state index contributed by atoms with van der Waals surface area (Å²) < 4.78 is 16.9. The smallest absolute Gasteiger partial charge is 0.320 e. The van der Waals surface area contributed by atoms with Gasteiger partial charge in [0.05, 0.1) is 32.1 Å². The number of hydrogen-bond donors (Lipinski definition) is 1. The Balaban J connectivity index is 1.31. The number of hydrazone groups is 1. The van der Waals surface area contributed by atoms with Gasteiger partial charge in [0.25, 0.3) is 0 Å². The number of rotatable bonds is 7. The molecule has 2 aromatic rings. The maximum Gasteiger partial charge on any atom is 0.320 e. The third kappa shape index (κ3) is 5.43. The molecular weight excluding hydrogens is 420 g/mol. The monoisotopic (exact) mass is 452 g/mol. The number of ether oxygens (including phenoxy) is 3. The van der Waals surface area contributed by atoms with Gasteiger partial charge in [-0.05, 0) is 17.9 Å². The van der Waals surface area contributed by atoms with E-state index in [9.17, 15) is 0 Å². The van der Waals surface area contributed by atoms with Crippen LogP contribution in [-0.2, 0) is 9.47 Å². The number of nitrogens with one attached hydrogen (secondary N) is 1.